The number of benzene rings is 2. The zero-order valence-corrected chi connectivity index (χ0v) is 17.0. The summed E-state index contributed by atoms with van der Waals surface area (Å²) >= 11 is 10.4. The molecule has 8 nitrogen and oxygen atoms in total. The molecule has 2 aromatic rings. The number of thiocarbonyl (C=S) groups is 2. The number of hydrogen-bond donors (Lipinski definition) is 7. The van der Waals surface area contributed by atoms with Crippen LogP contribution in [0.15, 0.2) is 48.5 Å². The molecule has 0 heterocycles. The lowest BCUT2D eigenvalue weighted by molar-refractivity contribution is -0.0424. The monoisotopic (exact) mass is 434 g/mol. The predicted octanol–water partition coefficient (Wildman–Crippen LogP) is 2.03. The molecule has 0 aliphatic heterocycles. The number of aliphatic hydroxyl groups excluding tert-OH is 1. The van der Waals surface area contributed by atoms with Gasteiger partial charge in [-0.1, -0.05) is 12.1 Å². The predicted molar refractivity (Wildman–Crippen MR) is 120 cm³/mol. The minimum atomic E-state index is -1.49. The maximum absolute atomic E-state index is 10.8. The van der Waals surface area contributed by atoms with Crippen molar-refractivity contribution < 1.29 is 20.1 Å². The van der Waals surface area contributed by atoms with Gasteiger partial charge < -0.3 is 36.6 Å². The molecular formula is C19H22N4O4S2. The first-order valence-electron chi connectivity index (χ1n) is 8.74. The number of carbonyl (C=O) groups is 1. The number of rotatable bonds is 8. The maximum atomic E-state index is 10.8. The first kappa shape index (κ1) is 22.5. The fourth-order valence-electron chi connectivity index (χ4n) is 2.28. The number of aromatic carboxylic acids is 1. The molecule has 0 unspecified atom stereocenters. The fourth-order valence-corrected chi connectivity index (χ4v) is 2.72. The van der Waals surface area contributed by atoms with Crippen LogP contribution in [0.1, 0.15) is 28.6 Å². The minimum absolute atomic E-state index is 0.215. The van der Waals surface area contributed by atoms with Crippen molar-refractivity contribution >= 4 is 52.0 Å². The average molecular weight is 435 g/mol. The maximum Gasteiger partial charge on any atom is 0.335 e. The number of anilines is 2. The van der Waals surface area contributed by atoms with Gasteiger partial charge in [-0.3, -0.25) is 0 Å². The second kappa shape index (κ2) is 11.3. The van der Waals surface area contributed by atoms with E-state index in [0.29, 0.717) is 34.6 Å². The number of hydrogen-bond acceptors (Lipinski definition) is 5. The van der Waals surface area contributed by atoms with Crippen molar-refractivity contribution in [2.45, 2.75) is 12.7 Å². The average Bonchev–Trinajstić information content (AvgIpc) is 2.68. The lowest BCUT2D eigenvalue weighted by Gasteiger charge is -2.13. The summed E-state index contributed by atoms with van der Waals surface area (Å²) in [5, 5.41) is 40.1. The Labute approximate surface area is 179 Å². The van der Waals surface area contributed by atoms with E-state index >= 15 is 0 Å². The van der Waals surface area contributed by atoms with Crippen LogP contribution < -0.4 is 21.3 Å². The van der Waals surface area contributed by atoms with Gasteiger partial charge in [0.2, 0.25) is 0 Å². The molecule has 0 amide bonds. The largest absolute Gasteiger partial charge is 0.478 e. The molecule has 0 radical (unpaired) electrons. The first-order chi connectivity index (χ1) is 13.8. The Morgan fingerprint density at radius 1 is 0.828 bits per heavy atom. The van der Waals surface area contributed by atoms with Crippen LogP contribution in [-0.2, 0) is 0 Å². The third kappa shape index (κ3) is 8.00. The van der Waals surface area contributed by atoms with Gasteiger partial charge in [-0.05, 0) is 67.3 Å². The number of carboxylic acids is 1. The molecule has 0 bridgehead atoms. The van der Waals surface area contributed by atoms with Gasteiger partial charge in [0.05, 0.1) is 5.56 Å². The van der Waals surface area contributed by atoms with Gasteiger partial charge in [-0.2, -0.15) is 0 Å². The Kier molecular flexibility index (Phi) is 8.74. The molecule has 0 atom stereocenters. The van der Waals surface area contributed by atoms with E-state index in [1.807, 2.05) is 0 Å². The molecule has 0 saturated heterocycles. The van der Waals surface area contributed by atoms with Crippen molar-refractivity contribution in [3.8, 4) is 0 Å². The summed E-state index contributed by atoms with van der Waals surface area (Å²) in [6, 6.07) is 12.9. The topological polar surface area (TPSA) is 126 Å². The normalized spacial score (nSPS) is 10.3. The van der Waals surface area contributed by atoms with E-state index in [1.165, 1.54) is 12.1 Å². The molecule has 0 aliphatic rings. The van der Waals surface area contributed by atoms with E-state index in [0.717, 1.165) is 12.1 Å². The second-order valence-corrected chi connectivity index (χ2v) is 6.81. The zero-order valence-electron chi connectivity index (χ0n) is 15.4. The smallest absolute Gasteiger partial charge is 0.335 e. The highest BCUT2D eigenvalue weighted by Crippen LogP contribution is 2.14. The number of carboxylic acid groups (broad SMARTS) is 1. The molecule has 0 aromatic heterocycles. The Morgan fingerprint density at radius 2 is 1.28 bits per heavy atom. The number of nitrogens with one attached hydrogen (secondary N) is 4. The minimum Gasteiger partial charge on any atom is -0.478 e. The Hall–Kier alpha value is -2.79. The molecule has 29 heavy (non-hydrogen) atoms. The number of aliphatic hydroxyl groups is 2. The highest BCUT2D eigenvalue weighted by atomic mass is 32.1. The van der Waals surface area contributed by atoms with Gasteiger partial charge in [0.25, 0.3) is 0 Å². The molecule has 2 aromatic carbocycles. The van der Waals surface area contributed by atoms with Crippen molar-refractivity contribution in [3.63, 3.8) is 0 Å². The summed E-state index contributed by atoms with van der Waals surface area (Å²) < 4.78 is 0. The van der Waals surface area contributed by atoms with Crippen molar-refractivity contribution in [1.82, 2.24) is 10.6 Å². The molecule has 10 heteroatoms. The summed E-state index contributed by atoms with van der Waals surface area (Å²) in [6.45, 7) is 1.25. The van der Waals surface area contributed by atoms with Crippen LogP contribution in [-0.4, -0.2) is 44.6 Å². The van der Waals surface area contributed by atoms with Crippen LogP contribution in [0, 0.1) is 0 Å². The van der Waals surface area contributed by atoms with Crippen molar-refractivity contribution in [1.29, 1.82) is 0 Å². The van der Waals surface area contributed by atoms with Crippen molar-refractivity contribution in [2.24, 2.45) is 0 Å². The quantitative estimate of drug-likeness (QED) is 0.188. The van der Waals surface area contributed by atoms with Gasteiger partial charge >= 0.3 is 5.97 Å². The van der Waals surface area contributed by atoms with E-state index in [9.17, 15) is 4.79 Å². The van der Waals surface area contributed by atoms with E-state index in [1.54, 1.807) is 36.4 Å². The Balaban J connectivity index is 1.61. The van der Waals surface area contributed by atoms with Gasteiger partial charge in [0.1, 0.15) is 0 Å². The summed E-state index contributed by atoms with van der Waals surface area (Å²) in [5.41, 5.74) is 2.06. The summed E-state index contributed by atoms with van der Waals surface area (Å²) in [5.74, 6) is -0.974. The van der Waals surface area contributed by atoms with Crippen molar-refractivity contribution in [3.05, 3.63) is 59.7 Å². The molecule has 0 spiro atoms. The SMILES string of the molecule is O=C(O)c1ccc(NC(=S)NCCCNC(=S)Nc2ccc(C(O)O)cc2)cc1. The fraction of sp³-hybridized carbons (Fsp3) is 0.211. The first-order valence-corrected chi connectivity index (χ1v) is 9.56. The molecular weight excluding hydrogens is 412 g/mol. The van der Waals surface area contributed by atoms with Crippen LogP contribution in [0.25, 0.3) is 0 Å². The van der Waals surface area contributed by atoms with Crippen LogP contribution in [0.3, 0.4) is 0 Å². The molecule has 0 aliphatic carbocycles. The van der Waals surface area contributed by atoms with E-state index in [2.05, 4.69) is 21.3 Å². The molecule has 2 rings (SSSR count). The van der Waals surface area contributed by atoms with Crippen LogP contribution in [0.5, 0.6) is 0 Å². The summed E-state index contributed by atoms with van der Waals surface area (Å²) in [7, 11) is 0. The van der Waals surface area contributed by atoms with Crippen LogP contribution in [0.4, 0.5) is 11.4 Å². The van der Waals surface area contributed by atoms with Gasteiger partial charge in [-0.25, -0.2) is 4.79 Å². The Morgan fingerprint density at radius 3 is 1.69 bits per heavy atom. The van der Waals surface area contributed by atoms with Crippen LogP contribution in [0.2, 0.25) is 0 Å². The summed E-state index contributed by atoms with van der Waals surface area (Å²) in [4.78, 5) is 10.8. The standard InChI is InChI=1S/C19H22N4O4S2/c24-16(25)12-2-6-14(7-3-12)22-18(28)20-10-1-11-21-19(29)23-15-8-4-13(5-9-15)17(26)27/h2-9,16,24-25H,1,10-11H2,(H,26,27)(H2,20,22,28)(H2,21,23,29). The lowest BCUT2D eigenvalue weighted by Crippen LogP contribution is -2.33. The lowest BCUT2D eigenvalue weighted by atomic mass is 10.2. The van der Waals surface area contributed by atoms with Gasteiger partial charge in [-0.15, -0.1) is 0 Å². The molecule has 0 fully saturated rings. The van der Waals surface area contributed by atoms with Gasteiger partial charge in [0, 0.05) is 30.0 Å². The Bertz CT molecular complexity index is 842. The van der Waals surface area contributed by atoms with Crippen LogP contribution >= 0.6 is 24.4 Å². The third-order valence-corrected chi connectivity index (χ3v) is 4.27. The van der Waals surface area contributed by atoms with Crippen molar-refractivity contribution in [2.75, 3.05) is 23.7 Å². The van der Waals surface area contributed by atoms with E-state index < -0.39 is 12.3 Å². The van der Waals surface area contributed by atoms with E-state index in [4.69, 9.17) is 39.8 Å². The molecule has 154 valence electrons. The highest BCUT2D eigenvalue weighted by Gasteiger charge is 2.04. The molecule has 0 saturated carbocycles. The summed E-state index contributed by atoms with van der Waals surface area (Å²) in [6.07, 6.45) is -0.733. The van der Waals surface area contributed by atoms with E-state index in [-0.39, 0.29) is 5.56 Å². The van der Waals surface area contributed by atoms with Gasteiger partial charge in [0.15, 0.2) is 16.5 Å². The zero-order chi connectivity index (χ0) is 21.2. The third-order valence-electron chi connectivity index (χ3n) is 3.78. The second-order valence-electron chi connectivity index (χ2n) is 5.99. The molecule has 7 N–H and O–H groups in total. The highest BCUT2D eigenvalue weighted by molar-refractivity contribution is 7.80.